The number of nitrogens with one attached hydrogen (secondary N) is 1. The van der Waals surface area contributed by atoms with Crippen LogP contribution in [0.4, 0.5) is 11.9 Å². The third-order valence-electron chi connectivity index (χ3n) is 4.00. The molecule has 0 spiro atoms. The maximum absolute atomic E-state index is 5.69. The lowest BCUT2D eigenvalue weighted by molar-refractivity contribution is 0.344. The fourth-order valence-corrected chi connectivity index (χ4v) is 2.88. The molecule has 0 fully saturated rings. The molecule has 0 aliphatic heterocycles. The third kappa shape index (κ3) is 6.05. The number of aromatic nitrogens is 6. The van der Waals surface area contributed by atoms with Gasteiger partial charge in [0, 0.05) is 25.9 Å². The molecule has 0 amide bonds. The number of para-hydroxylation sites is 1. The summed E-state index contributed by atoms with van der Waals surface area (Å²) in [6.07, 6.45) is 2.58. The molecule has 154 valence electrons. The highest BCUT2D eigenvalue weighted by atomic mass is 32.2. The van der Waals surface area contributed by atoms with Crippen LogP contribution >= 0.6 is 11.8 Å². The van der Waals surface area contributed by atoms with Gasteiger partial charge in [0.1, 0.15) is 12.1 Å². The molecule has 9 nitrogen and oxygen atoms in total. The molecule has 3 rings (SSSR count). The number of ether oxygens (including phenoxy) is 1. The van der Waals surface area contributed by atoms with E-state index >= 15 is 0 Å². The van der Waals surface area contributed by atoms with Crippen LogP contribution in [0.3, 0.4) is 0 Å². The summed E-state index contributed by atoms with van der Waals surface area (Å²) in [6, 6.07) is 9.99. The predicted molar refractivity (Wildman–Crippen MR) is 115 cm³/mol. The van der Waals surface area contributed by atoms with E-state index in [9.17, 15) is 0 Å². The van der Waals surface area contributed by atoms with Crippen LogP contribution in [0, 0.1) is 0 Å². The largest absolute Gasteiger partial charge is 0.493 e. The normalized spacial score (nSPS) is 11.9. The summed E-state index contributed by atoms with van der Waals surface area (Å²) >= 11 is 1.52. The number of hydrogen-bond acceptors (Lipinski definition) is 9. The van der Waals surface area contributed by atoms with Crippen molar-refractivity contribution in [1.29, 1.82) is 0 Å². The molecular formula is C19H26N8OS. The van der Waals surface area contributed by atoms with E-state index in [1.165, 1.54) is 11.8 Å². The summed E-state index contributed by atoms with van der Waals surface area (Å²) in [6.45, 7) is 4.76. The number of benzene rings is 1. The van der Waals surface area contributed by atoms with Gasteiger partial charge in [0.05, 0.1) is 6.61 Å². The SMILES string of the molecule is CCC(C)Nc1nc(N(C)C)nc(-n2cnc(SCCOc3ccccc3)n2)n1. The molecular weight excluding hydrogens is 388 g/mol. The van der Waals surface area contributed by atoms with Crippen molar-refractivity contribution < 1.29 is 4.74 Å². The Morgan fingerprint density at radius 1 is 1.17 bits per heavy atom. The van der Waals surface area contributed by atoms with Crippen LogP contribution in [-0.2, 0) is 0 Å². The van der Waals surface area contributed by atoms with Gasteiger partial charge in [-0.15, -0.1) is 5.10 Å². The molecule has 1 N–H and O–H groups in total. The first-order valence-electron chi connectivity index (χ1n) is 9.47. The quantitative estimate of drug-likeness (QED) is 0.397. The molecule has 0 bridgehead atoms. The minimum Gasteiger partial charge on any atom is -0.493 e. The number of thioether (sulfide) groups is 1. The first kappa shape index (κ1) is 20.8. The number of hydrogen-bond donors (Lipinski definition) is 1. The van der Waals surface area contributed by atoms with Crippen molar-refractivity contribution in [2.75, 3.05) is 36.7 Å². The van der Waals surface area contributed by atoms with Gasteiger partial charge in [0.25, 0.3) is 5.95 Å². The van der Waals surface area contributed by atoms with Gasteiger partial charge in [-0.1, -0.05) is 36.9 Å². The second kappa shape index (κ2) is 10.1. The summed E-state index contributed by atoms with van der Waals surface area (Å²) < 4.78 is 7.26. The van der Waals surface area contributed by atoms with E-state index in [1.54, 1.807) is 11.0 Å². The Hall–Kier alpha value is -2.88. The summed E-state index contributed by atoms with van der Waals surface area (Å²) in [5.74, 6) is 3.10. The lowest BCUT2D eigenvalue weighted by Crippen LogP contribution is -2.21. The Balaban J connectivity index is 1.65. The average Bonchev–Trinajstić information content (AvgIpc) is 3.20. The molecule has 0 aliphatic rings. The molecule has 3 aromatic rings. The molecule has 0 radical (unpaired) electrons. The van der Waals surface area contributed by atoms with E-state index in [4.69, 9.17) is 4.74 Å². The molecule has 29 heavy (non-hydrogen) atoms. The van der Waals surface area contributed by atoms with Gasteiger partial charge in [-0.2, -0.15) is 19.6 Å². The molecule has 0 aliphatic carbocycles. The van der Waals surface area contributed by atoms with Crippen molar-refractivity contribution in [2.45, 2.75) is 31.5 Å². The van der Waals surface area contributed by atoms with E-state index in [0.29, 0.717) is 29.6 Å². The van der Waals surface area contributed by atoms with Crippen LogP contribution in [-0.4, -0.2) is 62.2 Å². The van der Waals surface area contributed by atoms with Crippen molar-refractivity contribution in [3.05, 3.63) is 36.7 Å². The van der Waals surface area contributed by atoms with Gasteiger partial charge in [-0.3, -0.25) is 0 Å². The van der Waals surface area contributed by atoms with Crippen LogP contribution in [0.15, 0.2) is 41.8 Å². The van der Waals surface area contributed by atoms with Gasteiger partial charge in [-0.25, -0.2) is 4.98 Å². The lowest BCUT2D eigenvalue weighted by atomic mass is 10.3. The number of nitrogens with zero attached hydrogens (tertiary/aromatic N) is 7. The van der Waals surface area contributed by atoms with Crippen LogP contribution in [0.5, 0.6) is 5.75 Å². The van der Waals surface area contributed by atoms with Crippen molar-refractivity contribution in [3.63, 3.8) is 0 Å². The van der Waals surface area contributed by atoms with Gasteiger partial charge in [0.2, 0.25) is 17.1 Å². The maximum atomic E-state index is 5.69. The van der Waals surface area contributed by atoms with E-state index in [2.05, 4.69) is 44.2 Å². The highest BCUT2D eigenvalue weighted by Gasteiger charge is 2.13. The monoisotopic (exact) mass is 414 g/mol. The molecule has 0 saturated heterocycles. The third-order valence-corrected chi connectivity index (χ3v) is 4.82. The molecule has 1 aromatic carbocycles. The van der Waals surface area contributed by atoms with Gasteiger partial charge in [-0.05, 0) is 25.5 Å². The van der Waals surface area contributed by atoms with Gasteiger partial charge >= 0.3 is 0 Å². The van der Waals surface area contributed by atoms with Crippen LogP contribution in [0.1, 0.15) is 20.3 Å². The van der Waals surface area contributed by atoms with Gasteiger partial charge in [0.15, 0.2) is 0 Å². The molecule has 1 atom stereocenters. The summed E-state index contributed by atoms with van der Waals surface area (Å²) in [5, 5.41) is 8.41. The average molecular weight is 415 g/mol. The highest BCUT2D eigenvalue weighted by Crippen LogP contribution is 2.16. The van der Waals surface area contributed by atoms with E-state index in [-0.39, 0.29) is 6.04 Å². The molecule has 2 aromatic heterocycles. The minimum absolute atomic E-state index is 0.256. The van der Waals surface area contributed by atoms with Crippen LogP contribution in [0.25, 0.3) is 5.95 Å². The number of anilines is 2. The first-order chi connectivity index (χ1) is 14.0. The van der Waals surface area contributed by atoms with E-state index in [1.807, 2.05) is 49.3 Å². The summed E-state index contributed by atoms with van der Waals surface area (Å²) in [4.78, 5) is 19.6. The van der Waals surface area contributed by atoms with E-state index in [0.717, 1.165) is 17.9 Å². The lowest BCUT2D eigenvalue weighted by Gasteiger charge is -2.15. The minimum atomic E-state index is 0.256. The maximum Gasteiger partial charge on any atom is 0.258 e. The standard InChI is InChI=1S/C19H26N8OS/c1-5-14(2)21-16-22-17(26(3)4)24-18(23-16)27-13-20-19(25-27)29-12-11-28-15-9-7-6-8-10-15/h6-10,13-14H,5,11-12H2,1-4H3,(H,21,22,23,24). The molecule has 1 unspecified atom stereocenters. The Morgan fingerprint density at radius 3 is 2.69 bits per heavy atom. The molecule has 0 saturated carbocycles. The second-order valence-corrected chi connectivity index (χ2v) is 7.65. The Morgan fingerprint density at radius 2 is 1.97 bits per heavy atom. The topological polar surface area (TPSA) is 93.9 Å². The first-order valence-corrected chi connectivity index (χ1v) is 10.5. The van der Waals surface area contributed by atoms with Crippen molar-refractivity contribution in [2.24, 2.45) is 0 Å². The zero-order valence-electron chi connectivity index (χ0n) is 17.1. The van der Waals surface area contributed by atoms with Gasteiger partial charge < -0.3 is 15.0 Å². The van der Waals surface area contributed by atoms with Crippen LogP contribution in [0.2, 0.25) is 0 Å². The zero-order chi connectivity index (χ0) is 20.6. The highest BCUT2D eigenvalue weighted by molar-refractivity contribution is 7.99. The van der Waals surface area contributed by atoms with Crippen molar-refractivity contribution >= 4 is 23.7 Å². The molecule has 10 heteroatoms. The zero-order valence-corrected chi connectivity index (χ0v) is 17.9. The second-order valence-electron chi connectivity index (χ2n) is 6.59. The van der Waals surface area contributed by atoms with E-state index < -0.39 is 0 Å². The predicted octanol–water partition coefficient (Wildman–Crippen LogP) is 2.90. The summed E-state index contributed by atoms with van der Waals surface area (Å²) in [7, 11) is 3.78. The molecule has 2 heterocycles. The van der Waals surface area contributed by atoms with Crippen molar-refractivity contribution in [1.82, 2.24) is 29.7 Å². The van der Waals surface area contributed by atoms with Crippen molar-refractivity contribution in [3.8, 4) is 11.7 Å². The van der Waals surface area contributed by atoms with Crippen LogP contribution < -0.4 is 15.0 Å². The summed E-state index contributed by atoms with van der Waals surface area (Å²) in [5.41, 5.74) is 0. The Bertz CT molecular complexity index is 902. The number of rotatable bonds is 10. The Labute approximate surface area is 174 Å². The fourth-order valence-electron chi connectivity index (χ4n) is 2.26. The Kier molecular flexibility index (Phi) is 7.23. The smallest absolute Gasteiger partial charge is 0.258 e. The fraction of sp³-hybridized carbons (Fsp3) is 0.421.